The summed E-state index contributed by atoms with van der Waals surface area (Å²) in [6, 6.07) is 8.68. The number of phenols is 1. The van der Waals surface area contributed by atoms with Crippen molar-refractivity contribution in [3.05, 3.63) is 29.8 Å². The lowest BCUT2D eigenvalue weighted by Gasteiger charge is -2.31. The van der Waals surface area contributed by atoms with Gasteiger partial charge in [-0.25, -0.2) is 0 Å². The Hall–Kier alpha value is -1.06. The highest BCUT2D eigenvalue weighted by Crippen LogP contribution is 2.23. The molecule has 2 N–H and O–H groups in total. The van der Waals surface area contributed by atoms with Gasteiger partial charge in [0.25, 0.3) is 0 Å². The fourth-order valence-electron chi connectivity index (χ4n) is 2.89. The third-order valence-corrected chi connectivity index (χ3v) is 4.05. The molecule has 3 heteroatoms. The molecule has 19 heavy (non-hydrogen) atoms. The van der Waals surface area contributed by atoms with E-state index < -0.39 is 0 Å². The fraction of sp³-hybridized carbons (Fsp3) is 0.625. The van der Waals surface area contributed by atoms with Crippen molar-refractivity contribution < 1.29 is 5.11 Å². The summed E-state index contributed by atoms with van der Waals surface area (Å²) in [6.07, 6.45) is 3.77. The van der Waals surface area contributed by atoms with Gasteiger partial charge in [-0.2, -0.15) is 0 Å². The van der Waals surface area contributed by atoms with Crippen LogP contribution in [0.2, 0.25) is 0 Å². The SMILES string of the molecule is CCCN(CC1CCCN1)C(C)c1ccc(O)cc1. The molecule has 1 heterocycles. The number of hydrogen-bond donors (Lipinski definition) is 2. The summed E-state index contributed by atoms with van der Waals surface area (Å²) in [5, 5.41) is 13.0. The molecule has 0 bridgehead atoms. The summed E-state index contributed by atoms with van der Waals surface area (Å²) in [4.78, 5) is 2.55. The average molecular weight is 262 g/mol. The highest BCUT2D eigenvalue weighted by molar-refractivity contribution is 5.27. The third kappa shape index (κ3) is 3.95. The minimum atomic E-state index is 0.343. The van der Waals surface area contributed by atoms with E-state index in [1.54, 1.807) is 12.1 Å². The second-order valence-electron chi connectivity index (χ2n) is 5.56. The van der Waals surface area contributed by atoms with Gasteiger partial charge in [0.05, 0.1) is 0 Å². The van der Waals surface area contributed by atoms with Crippen LogP contribution in [0.25, 0.3) is 0 Å². The molecular weight excluding hydrogens is 236 g/mol. The minimum Gasteiger partial charge on any atom is -0.508 e. The number of hydrogen-bond acceptors (Lipinski definition) is 3. The average Bonchev–Trinajstić information content (AvgIpc) is 2.91. The molecule has 1 aromatic carbocycles. The first-order chi connectivity index (χ1) is 9.20. The second kappa shape index (κ2) is 6.92. The zero-order valence-corrected chi connectivity index (χ0v) is 12.1. The van der Waals surface area contributed by atoms with E-state index in [0.717, 1.165) is 19.6 Å². The summed E-state index contributed by atoms with van der Waals surface area (Å²) in [5.41, 5.74) is 1.28. The maximum absolute atomic E-state index is 9.39. The van der Waals surface area contributed by atoms with Crippen molar-refractivity contribution >= 4 is 0 Å². The second-order valence-corrected chi connectivity index (χ2v) is 5.56. The Morgan fingerprint density at radius 3 is 2.68 bits per heavy atom. The van der Waals surface area contributed by atoms with Gasteiger partial charge in [-0.3, -0.25) is 4.90 Å². The molecule has 0 aromatic heterocycles. The number of rotatable bonds is 6. The molecule has 0 radical (unpaired) electrons. The number of nitrogens with one attached hydrogen (secondary N) is 1. The largest absolute Gasteiger partial charge is 0.508 e. The molecule has 1 aromatic rings. The van der Waals surface area contributed by atoms with E-state index in [1.807, 2.05) is 12.1 Å². The Morgan fingerprint density at radius 1 is 1.37 bits per heavy atom. The quantitative estimate of drug-likeness (QED) is 0.827. The summed E-state index contributed by atoms with van der Waals surface area (Å²) in [7, 11) is 0. The van der Waals surface area contributed by atoms with Crippen LogP contribution in [0.5, 0.6) is 5.75 Å². The summed E-state index contributed by atoms with van der Waals surface area (Å²) >= 11 is 0. The third-order valence-electron chi connectivity index (χ3n) is 4.05. The zero-order valence-electron chi connectivity index (χ0n) is 12.1. The van der Waals surface area contributed by atoms with Crippen LogP contribution < -0.4 is 5.32 Å². The molecule has 1 aliphatic rings. The molecule has 3 nitrogen and oxygen atoms in total. The maximum Gasteiger partial charge on any atom is 0.115 e. The number of benzene rings is 1. The van der Waals surface area contributed by atoms with Gasteiger partial charge in [0, 0.05) is 18.6 Å². The van der Waals surface area contributed by atoms with E-state index in [2.05, 4.69) is 24.1 Å². The van der Waals surface area contributed by atoms with E-state index in [4.69, 9.17) is 0 Å². The Kier molecular flexibility index (Phi) is 5.23. The lowest BCUT2D eigenvalue weighted by atomic mass is 10.1. The molecule has 1 aliphatic heterocycles. The molecule has 2 atom stereocenters. The van der Waals surface area contributed by atoms with E-state index in [-0.39, 0.29) is 0 Å². The molecule has 1 fully saturated rings. The van der Waals surface area contributed by atoms with Crippen LogP contribution in [0.4, 0.5) is 0 Å². The Labute approximate surface area is 116 Å². The smallest absolute Gasteiger partial charge is 0.115 e. The van der Waals surface area contributed by atoms with Crippen molar-refractivity contribution in [2.45, 2.75) is 45.2 Å². The summed E-state index contributed by atoms with van der Waals surface area (Å²) in [5.74, 6) is 0.343. The highest BCUT2D eigenvalue weighted by atomic mass is 16.3. The van der Waals surface area contributed by atoms with E-state index in [1.165, 1.54) is 24.8 Å². The Morgan fingerprint density at radius 2 is 2.11 bits per heavy atom. The van der Waals surface area contributed by atoms with Crippen molar-refractivity contribution in [1.82, 2.24) is 10.2 Å². The summed E-state index contributed by atoms with van der Waals surface area (Å²) < 4.78 is 0. The van der Waals surface area contributed by atoms with Crippen molar-refractivity contribution in [3.63, 3.8) is 0 Å². The van der Waals surface area contributed by atoms with Crippen LogP contribution in [0.15, 0.2) is 24.3 Å². The van der Waals surface area contributed by atoms with Crippen molar-refractivity contribution in [1.29, 1.82) is 0 Å². The van der Waals surface area contributed by atoms with Gasteiger partial charge < -0.3 is 10.4 Å². The standard InChI is InChI=1S/C16H26N2O/c1-3-11-18(12-15-5-4-10-17-15)13(2)14-6-8-16(19)9-7-14/h6-9,13,15,17,19H,3-5,10-12H2,1-2H3. The molecule has 106 valence electrons. The van der Waals surface area contributed by atoms with Gasteiger partial charge >= 0.3 is 0 Å². The number of phenolic OH excluding ortho intramolecular Hbond substituents is 1. The molecule has 0 amide bonds. The lowest BCUT2D eigenvalue weighted by molar-refractivity contribution is 0.192. The van der Waals surface area contributed by atoms with Crippen molar-refractivity contribution in [2.24, 2.45) is 0 Å². The van der Waals surface area contributed by atoms with Crippen LogP contribution in [0.1, 0.15) is 44.7 Å². The van der Waals surface area contributed by atoms with E-state index in [9.17, 15) is 5.11 Å². The first-order valence-corrected chi connectivity index (χ1v) is 7.47. The Balaban J connectivity index is 2.01. The lowest BCUT2D eigenvalue weighted by Crippen LogP contribution is -2.39. The molecule has 0 saturated carbocycles. The van der Waals surface area contributed by atoms with Gasteiger partial charge in [0.2, 0.25) is 0 Å². The number of aromatic hydroxyl groups is 1. The van der Waals surface area contributed by atoms with Gasteiger partial charge in [0.1, 0.15) is 5.75 Å². The molecule has 1 saturated heterocycles. The monoisotopic (exact) mass is 262 g/mol. The van der Waals surface area contributed by atoms with Crippen LogP contribution in [-0.2, 0) is 0 Å². The van der Waals surface area contributed by atoms with Gasteiger partial charge in [0.15, 0.2) is 0 Å². The van der Waals surface area contributed by atoms with Gasteiger partial charge in [-0.15, -0.1) is 0 Å². The normalized spacial score (nSPS) is 20.9. The van der Waals surface area contributed by atoms with Crippen LogP contribution >= 0.6 is 0 Å². The zero-order chi connectivity index (χ0) is 13.7. The van der Waals surface area contributed by atoms with Gasteiger partial charge in [-0.05, 0) is 57.0 Å². The maximum atomic E-state index is 9.39. The Bertz CT molecular complexity index is 371. The van der Waals surface area contributed by atoms with E-state index >= 15 is 0 Å². The van der Waals surface area contributed by atoms with Crippen LogP contribution in [-0.4, -0.2) is 35.7 Å². The predicted molar refractivity (Wildman–Crippen MR) is 79.4 cm³/mol. The van der Waals surface area contributed by atoms with Crippen LogP contribution in [0.3, 0.4) is 0 Å². The van der Waals surface area contributed by atoms with Crippen LogP contribution in [0, 0.1) is 0 Å². The molecular formula is C16H26N2O. The van der Waals surface area contributed by atoms with E-state index in [0.29, 0.717) is 17.8 Å². The first-order valence-electron chi connectivity index (χ1n) is 7.47. The first kappa shape index (κ1) is 14.4. The van der Waals surface area contributed by atoms with Gasteiger partial charge in [-0.1, -0.05) is 19.1 Å². The van der Waals surface area contributed by atoms with Crippen molar-refractivity contribution in [3.8, 4) is 5.75 Å². The molecule has 2 unspecified atom stereocenters. The predicted octanol–water partition coefficient (Wildman–Crippen LogP) is 2.92. The topological polar surface area (TPSA) is 35.5 Å². The number of nitrogens with zero attached hydrogens (tertiary/aromatic N) is 1. The van der Waals surface area contributed by atoms with Crippen molar-refractivity contribution in [2.75, 3.05) is 19.6 Å². The molecule has 0 spiro atoms. The molecule has 2 rings (SSSR count). The fourth-order valence-corrected chi connectivity index (χ4v) is 2.89. The summed E-state index contributed by atoms with van der Waals surface area (Å²) in [6.45, 7) is 7.91. The minimum absolute atomic E-state index is 0.343. The highest BCUT2D eigenvalue weighted by Gasteiger charge is 2.21. The molecule has 0 aliphatic carbocycles.